The highest BCUT2D eigenvalue weighted by Gasteiger charge is 2.08. The summed E-state index contributed by atoms with van der Waals surface area (Å²) in [6, 6.07) is 5.84. The van der Waals surface area contributed by atoms with Gasteiger partial charge < -0.3 is 15.0 Å². The largest absolute Gasteiger partial charge is 0.496 e. The number of nitrogens with zero attached hydrogens (tertiary/aromatic N) is 1. The molecular formula is C15H19N3O2. The van der Waals surface area contributed by atoms with Crippen molar-refractivity contribution in [3.63, 3.8) is 0 Å². The monoisotopic (exact) mass is 273 g/mol. The Labute approximate surface area is 118 Å². The third-order valence-corrected chi connectivity index (χ3v) is 3.06. The van der Waals surface area contributed by atoms with Crippen molar-refractivity contribution in [3.05, 3.63) is 47.5 Å². The fraction of sp³-hybridized carbons (Fsp3) is 0.333. The van der Waals surface area contributed by atoms with E-state index in [0.717, 1.165) is 29.0 Å². The summed E-state index contributed by atoms with van der Waals surface area (Å²) in [7, 11) is 1.62. The lowest BCUT2D eigenvalue weighted by Crippen LogP contribution is -2.27. The molecule has 1 amide bonds. The molecule has 1 heterocycles. The molecule has 0 aliphatic heterocycles. The van der Waals surface area contributed by atoms with Crippen LogP contribution in [-0.2, 0) is 17.6 Å². The Kier molecular flexibility index (Phi) is 4.76. The zero-order valence-electron chi connectivity index (χ0n) is 11.8. The summed E-state index contributed by atoms with van der Waals surface area (Å²) >= 11 is 0. The number of benzene rings is 1. The van der Waals surface area contributed by atoms with Crippen molar-refractivity contribution >= 4 is 5.91 Å². The lowest BCUT2D eigenvalue weighted by Gasteiger charge is -2.09. The van der Waals surface area contributed by atoms with E-state index in [1.165, 1.54) is 0 Å². The average Bonchev–Trinajstić information content (AvgIpc) is 2.92. The van der Waals surface area contributed by atoms with Crippen LogP contribution in [0.3, 0.4) is 0 Å². The fourth-order valence-corrected chi connectivity index (χ4v) is 2.04. The van der Waals surface area contributed by atoms with Gasteiger partial charge in [0.1, 0.15) is 5.75 Å². The van der Waals surface area contributed by atoms with E-state index in [2.05, 4.69) is 15.3 Å². The van der Waals surface area contributed by atoms with E-state index in [-0.39, 0.29) is 5.91 Å². The van der Waals surface area contributed by atoms with Crippen LogP contribution in [0.2, 0.25) is 0 Å². The fourth-order valence-electron chi connectivity index (χ4n) is 2.04. The lowest BCUT2D eigenvalue weighted by atomic mass is 10.1. The van der Waals surface area contributed by atoms with Crippen LogP contribution in [0.5, 0.6) is 5.75 Å². The summed E-state index contributed by atoms with van der Waals surface area (Å²) in [4.78, 5) is 18.9. The molecule has 2 N–H and O–H groups in total. The van der Waals surface area contributed by atoms with Gasteiger partial charge in [-0.15, -0.1) is 0 Å². The number of hydrogen-bond donors (Lipinski definition) is 2. The number of aromatic nitrogens is 2. The number of hydrogen-bond acceptors (Lipinski definition) is 3. The highest BCUT2D eigenvalue weighted by molar-refractivity contribution is 5.79. The van der Waals surface area contributed by atoms with E-state index < -0.39 is 0 Å². The minimum atomic E-state index is -0.00610. The number of H-pyrrole nitrogens is 1. The van der Waals surface area contributed by atoms with Gasteiger partial charge in [0.25, 0.3) is 0 Å². The number of carbonyl (C=O) groups excluding carboxylic acids is 1. The maximum atomic E-state index is 11.9. The highest BCUT2D eigenvalue weighted by Crippen LogP contribution is 2.19. The van der Waals surface area contributed by atoms with Crippen molar-refractivity contribution < 1.29 is 9.53 Å². The second-order valence-electron chi connectivity index (χ2n) is 4.67. The van der Waals surface area contributed by atoms with Crippen molar-refractivity contribution in [2.75, 3.05) is 13.7 Å². The first-order chi connectivity index (χ1) is 9.69. The van der Waals surface area contributed by atoms with E-state index >= 15 is 0 Å². The number of rotatable bonds is 6. The molecule has 0 spiro atoms. The third-order valence-electron chi connectivity index (χ3n) is 3.06. The molecular weight excluding hydrogens is 254 g/mol. The molecule has 5 heteroatoms. The Hall–Kier alpha value is -2.30. The molecule has 0 bridgehead atoms. The standard InChI is InChI=1S/C15H19N3O2/c1-11-3-4-14(20-2)12(7-11)8-15(19)17-6-5-13-9-16-10-18-13/h3-4,7,9-10H,5-6,8H2,1-2H3,(H,16,18)(H,17,19). The number of nitrogens with one attached hydrogen (secondary N) is 2. The summed E-state index contributed by atoms with van der Waals surface area (Å²) in [5.74, 6) is 0.743. The Bertz CT molecular complexity index is 565. The molecule has 0 atom stereocenters. The summed E-state index contributed by atoms with van der Waals surface area (Å²) < 4.78 is 5.27. The molecule has 5 nitrogen and oxygen atoms in total. The summed E-state index contributed by atoms with van der Waals surface area (Å²) in [5, 5.41) is 2.90. The van der Waals surface area contributed by atoms with E-state index in [4.69, 9.17) is 4.74 Å². The first kappa shape index (κ1) is 14.1. The molecule has 2 rings (SSSR count). The number of aromatic amines is 1. The SMILES string of the molecule is COc1ccc(C)cc1CC(=O)NCCc1cnc[nH]1. The van der Waals surface area contributed by atoms with Crippen molar-refractivity contribution in [2.24, 2.45) is 0 Å². The van der Waals surface area contributed by atoms with E-state index in [9.17, 15) is 4.79 Å². The van der Waals surface area contributed by atoms with Gasteiger partial charge in [0.15, 0.2) is 0 Å². The van der Waals surface area contributed by atoms with Gasteiger partial charge in [0.2, 0.25) is 5.91 Å². The van der Waals surface area contributed by atoms with Crippen molar-refractivity contribution in [2.45, 2.75) is 19.8 Å². The number of amides is 1. The van der Waals surface area contributed by atoms with Gasteiger partial charge in [-0.3, -0.25) is 4.79 Å². The lowest BCUT2D eigenvalue weighted by molar-refractivity contribution is -0.120. The minimum Gasteiger partial charge on any atom is -0.496 e. The average molecular weight is 273 g/mol. The first-order valence-electron chi connectivity index (χ1n) is 6.56. The second-order valence-corrected chi connectivity index (χ2v) is 4.67. The Morgan fingerprint density at radius 1 is 1.45 bits per heavy atom. The van der Waals surface area contributed by atoms with Gasteiger partial charge >= 0.3 is 0 Å². The van der Waals surface area contributed by atoms with Gasteiger partial charge in [-0.2, -0.15) is 0 Å². The van der Waals surface area contributed by atoms with Crippen LogP contribution in [0.15, 0.2) is 30.7 Å². The molecule has 0 saturated carbocycles. The normalized spacial score (nSPS) is 10.3. The van der Waals surface area contributed by atoms with Gasteiger partial charge in [-0.1, -0.05) is 17.7 Å². The topological polar surface area (TPSA) is 67.0 Å². The van der Waals surface area contributed by atoms with Crippen molar-refractivity contribution in [1.82, 2.24) is 15.3 Å². The van der Waals surface area contributed by atoms with Gasteiger partial charge in [0.05, 0.1) is 19.9 Å². The molecule has 0 unspecified atom stereocenters. The zero-order valence-corrected chi connectivity index (χ0v) is 11.8. The van der Waals surface area contributed by atoms with Crippen molar-refractivity contribution in [1.29, 1.82) is 0 Å². The Morgan fingerprint density at radius 3 is 3.00 bits per heavy atom. The third kappa shape index (κ3) is 3.85. The highest BCUT2D eigenvalue weighted by atomic mass is 16.5. The zero-order chi connectivity index (χ0) is 14.4. The van der Waals surface area contributed by atoms with Gasteiger partial charge in [-0.05, 0) is 13.0 Å². The number of ether oxygens (including phenoxy) is 1. The first-order valence-corrected chi connectivity index (χ1v) is 6.56. The maximum absolute atomic E-state index is 11.9. The van der Waals surface area contributed by atoms with Crippen molar-refractivity contribution in [3.8, 4) is 5.75 Å². The van der Waals surface area contributed by atoms with Gasteiger partial charge in [-0.25, -0.2) is 4.98 Å². The maximum Gasteiger partial charge on any atom is 0.224 e. The predicted octanol–water partition coefficient (Wildman–Crippen LogP) is 1.63. The number of imidazole rings is 1. The molecule has 106 valence electrons. The van der Waals surface area contributed by atoms with Crippen LogP contribution in [0, 0.1) is 6.92 Å². The summed E-state index contributed by atoms with van der Waals surface area (Å²) in [6.07, 6.45) is 4.47. The summed E-state index contributed by atoms with van der Waals surface area (Å²) in [6.45, 7) is 2.59. The van der Waals surface area contributed by atoms with Crippen LogP contribution in [0.1, 0.15) is 16.8 Å². The number of methoxy groups -OCH3 is 1. The second kappa shape index (κ2) is 6.75. The molecule has 0 aliphatic rings. The Morgan fingerprint density at radius 2 is 2.30 bits per heavy atom. The molecule has 0 fully saturated rings. The smallest absolute Gasteiger partial charge is 0.224 e. The molecule has 2 aromatic rings. The number of carbonyl (C=O) groups is 1. The van der Waals surface area contributed by atoms with Crippen LogP contribution in [0.25, 0.3) is 0 Å². The molecule has 0 saturated heterocycles. The molecule has 1 aromatic heterocycles. The van der Waals surface area contributed by atoms with E-state index in [1.54, 1.807) is 19.6 Å². The molecule has 0 aliphatic carbocycles. The molecule has 20 heavy (non-hydrogen) atoms. The Balaban J connectivity index is 1.86. The van der Waals surface area contributed by atoms with Crippen LogP contribution in [-0.4, -0.2) is 29.5 Å². The minimum absolute atomic E-state index is 0.00610. The van der Waals surface area contributed by atoms with Crippen LogP contribution >= 0.6 is 0 Å². The van der Waals surface area contributed by atoms with E-state index in [0.29, 0.717) is 13.0 Å². The van der Waals surface area contributed by atoms with Gasteiger partial charge in [0, 0.05) is 30.4 Å². The van der Waals surface area contributed by atoms with Crippen LogP contribution < -0.4 is 10.1 Å². The molecule has 0 radical (unpaired) electrons. The van der Waals surface area contributed by atoms with Crippen LogP contribution in [0.4, 0.5) is 0 Å². The molecule has 1 aromatic carbocycles. The van der Waals surface area contributed by atoms with E-state index in [1.807, 2.05) is 25.1 Å². The predicted molar refractivity (Wildman–Crippen MR) is 76.7 cm³/mol. The number of aryl methyl sites for hydroxylation is 1. The quantitative estimate of drug-likeness (QED) is 0.840. The summed E-state index contributed by atoms with van der Waals surface area (Å²) in [5.41, 5.74) is 3.04.